The molecule has 0 saturated heterocycles. The smallest absolute Gasteiger partial charge is 0.352 e. The maximum Gasteiger partial charge on any atom is 0.352 e. The predicted octanol–water partition coefficient (Wildman–Crippen LogP) is 0.973. The van der Waals surface area contributed by atoms with E-state index in [9.17, 15) is 9.59 Å². The number of hydrogen-bond acceptors (Lipinski definition) is 3. The summed E-state index contributed by atoms with van der Waals surface area (Å²) in [5, 5.41) is 8.89. The Morgan fingerprint density at radius 1 is 1.44 bits per heavy atom. The standard InChI is InChI=1S/C11H15NO4/c1-2-7-16-8-6-12-9(11(14)15)4-3-5-10(12)13/h3-5H,2,6-8H2,1H3,(H,14,15). The summed E-state index contributed by atoms with van der Waals surface area (Å²) in [5.41, 5.74) is -0.326. The summed E-state index contributed by atoms with van der Waals surface area (Å²) in [5.74, 6) is -1.10. The largest absolute Gasteiger partial charge is 0.477 e. The molecule has 0 bridgehead atoms. The first-order valence-corrected chi connectivity index (χ1v) is 5.17. The van der Waals surface area contributed by atoms with E-state index in [1.807, 2.05) is 6.92 Å². The zero-order valence-corrected chi connectivity index (χ0v) is 9.18. The van der Waals surface area contributed by atoms with E-state index >= 15 is 0 Å². The van der Waals surface area contributed by atoms with Crippen molar-refractivity contribution in [3.8, 4) is 0 Å². The topological polar surface area (TPSA) is 68.5 Å². The minimum absolute atomic E-state index is 0.00685. The van der Waals surface area contributed by atoms with Crippen LogP contribution in [-0.2, 0) is 11.3 Å². The van der Waals surface area contributed by atoms with E-state index in [4.69, 9.17) is 9.84 Å². The molecule has 0 atom stereocenters. The number of rotatable bonds is 6. The van der Waals surface area contributed by atoms with Crippen molar-refractivity contribution in [2.75, 3.05) is 13.2 Å². The summed E-state index contributed by atoms with van der Waals surface area (Å²) in [6, 6.07) is 4.19. The van der Waals surface area contributed by atoms with Crippen LogP contribution in [0.5, 0.6) is 0 Å². The van der Waals surface area contributed by atoms with Gasteiger partial charge in [0.1, 0.15) is 5.69 Å². The maximum absolute atomic E-state index is 11.5. The lowest BCUT2D eigenvalue weighted by molar-refractivity contribution is 0.0677. The number of nitrogens with zero attached hydrogens (tertiary/aromatic N) is 1. The van der Waals surface area contributed by atoms with Gasteiger partial charge in [0.05, 0.1) is 6.61 Å². The number of aromatic nitrogens is 1. The first-order chi connectivity index (χ1) is 7.66. The van der Waals surface area contributed by atoms with E-state index in [-0.39, 0.29) is 17.8 Å². The Balaban J connectivity index is 2.77. The average Bonchev–Trinajstić information content (AvgIpc) is 2.25. The van der Waals surface area contributed by atoms with Crippen molar-refractivity contribution in [1.82, 2.24) is 4.57 Å². The third kappa shape index (κ3) is 3.20. The molecule has 0 radical (unpaired) electrons. The van der Waals surface area contributed by atoms with Gasteiger partial charge in [-0.1, -0.05) is 13.0 Å². The van der Waals surface area contributed by atoms with Crippen LogP contribution >= 0.6 is 0 Å². The van der Waals surface area contributed by atoms with Gasteiger partial charge in [-0.2, -0.15) is 0 Å². The lowest BCUT2D eigenvalue weighted by Gasteiger charge is -2.09. The molecule has 0 saturated carbocycles. The zero-order valence-electron chi connectivity index (χ0n) is 9.18. The van der Waals surface area contributed by atoms with E-state index in [0.29, 0.717) is 13.2 Å². The zero-order chi connectivity index (χ0) is 12.0. The second-order valence-electron chi connectivity index (χ2n) is 3.32. The van der Waals surface area contributed by atoms with Crippen molar-refractivity contribution in [2.45, 2.75) is 19.9 Å². The maximum atomic E-state index is 11.5. The molecular weight excluding hydrogens is 210 g/mol. The SMILES string of the molecule is CCCOCCn1c(C(=O)O)cccc1=O. The number of carboxylic acids is 1. The number of aromatic carboxylic acids is 1. The quantitative estimate of drug-likeness (QED) is 0.732. The Bertz CT molecular complexity index is 411. The summed E-state index contributed by atoms with van der Waals surface area (Å²) in [6.45, 7) is 3.21. The molecule has 1 aromatic heterocycles. The summed E-state index contributed by atoms with van der Waals surface area (Å²) < 4.78 is 6.43. The van der Waals surface area contributed by atoms with Crippen LogP contribution < -0.4 is 5.56 Å². The fourth-order valence-corrected chi connectivity index (χ4v) is 1.34. The molecule has 0 fully saturated rings. The number of ether oxygens (including phenoxy) is 1. The van der Waals surface area contributed by atoms with E-state index in [1.165, 1.54) is 22.8 Å². The highest BCUT2D eigenvalue weighted by atomic mass is 16.5. The normalized spacial score (nSPS) is 10.3. The van der Waals surface area contributed by atoms with E-state index in [0.717, 1.165) is 6.42 Å². The molecule has 88 valence electrons. The summed E-state index contributed by atoms with van der Waals surface area (Å²) in [4.78, 5) is 22.3. The number of carboxylic acid groups (broad SMARTS) is 1. The highest BCUT2D eigenvalue weighted by Gasteiger charge is 2.09. The van der Waals surface area contributed by atoms with Crippen molar-refractivity contribution in [3.63, 3.8) is 0 Å². The molecule has 0 unspecified atom stereocenters. The van der Waals surface area contributed by atoms with Gasteiger partial charge in [-0.15, -0.1) is 0 Å². The number of pyridine rings is 1. The Morgan fingerprint density at radius 3 is 2.81 bits per heavy atom. The molecule has 5 nitrogen and oxygen atoms in total. The third-order valence-electron chi connectivity index (χ3n) is 2.08. The Hall–Kier alpha value is -1.62. The van der Waals surface area contributed by atoms with Gasteiger partial charge in [-0.05, 0) is 12.5 Å². The predicted molar refractivity (Wildman–Crippen MR) is 58.8 cm³/mol. The van der Waals surface area contributed by atoms with Crippen molar-refractivity contribution in [3.05, 3.63) is 34.2 Å². The first-order valence-electron chi connectivity index (χ1n) is 5.17. The molecule has 1 N–H and O–H groups in total. The summed E-state index contributed by atoms with van der Waals surface area (Å²) in [7, 11) is 0. The summed E-state index contributed by atoms with van der Waals surface area (Å²) in [6.07, 6.45) is 0.898. The van der Waals surface area contributed by atoms with Crippen molar-refractivity contribution < 1.29 is 14.6 Å². The van der Waals surface area contributed by atoms with E-state index < -0.39 is 5.97 Å². The molecule has 0 spiro atoms. The Kier molecular flexibility index (Phi) is 4.72. The van der Waals surface area contributed by atoms with Gasteiger partial charge < -0.3 is 14.4 Å². The molecule has 0 aromatic carbocycles. The number of hydrogen-bond donors (Lipinski definition) is 1. The number of carbonyl (C=O) groups is 1. The van der Waals surface area contributed by atoms with Crippen molar-refractivity contribution in [2.24, 2.45) is 0 Å². The van der Waals surface area contributed by atoms with Crippen LogP contribution in [0.15, 0.2) is 23.0 Å². The fourth-order valence-electron chi connectivity index (χ4n) is 1.34. The molecule has 16 heavy (non-hydrogen) atoms. The molecule has 5 heteroatoms. The Labute approximate surface area is 93.3 Å². The van der Waals surface area contributed by atoms with Crippen LogP contribution in [0.3, 0.4) is 0 Å². The van der Waals surface area contributed by atoms with Gasteiger partial charge in [0.25, 0.3) is 5.56 Å². The second kappa shape index (κ2) is 6.07. The molecule has 1 heterocycles. The minimum atomic E-state index is -1.10. The average molecular weight is 225 g/mol. The van der Waals surface area contributed by atoms with E-state index in [1.54, 1.807) is 0 Å². The van der Waals surface area contributed by atoms with Gasteiger partial charge in [0, 0.05) is 19.2 Å². The summed E-state index contributed by atoms with van der Waals surface area (Å²) >= 11 is 0. The molecular formula is C11H15NO4. The van der Waals surface area contributed by atoms with Gasteiger partial charge in [-0.25, -0.2) is 4.79 Å². The Morgan fingerprint density at radius 2 is 2.19 bits per heavy atom. The van der Waals surface area contributed by atoms with E-state index in [2.05, 4.69) is 0 Å². The van der Waals surface area contributed by atoms with Crippen LogP contribution in [-0.4, -0.2) is 28.9 Å². The minimum Gasteiger partial charge on any atom is -0.477 e. The van der Waals surface area contributed by atoms with Gasteiger partial charge >= 0.3 is 5.97 Å². The molecule has 0 amide bonds. The molecule has 0 aliphatic rings. The van der Waals surface area contributed by atoms with Crippen LogP contribution in [0, 0.1) is 0 Å². The van der Waals surface area contributed by atoms with Crippen molar-refractivity contribution in [1.29, 1.82) is 0 Å². The van der Waals surface area contributed by atoms with Crippen LogP contribution in [0.2, 0.25) is 0 Å². The third-order valence-corrected chi connectivity index (χ3v) is 2.08. The van der Waals surface area contributed by atoms with Crippen LogP contribution in [0.25, 0.3) is 0 Å². The molecule has 0 aliphatic carbocycles. The van der Waals surface area contributed by atoms with Gasteiger partial charge in [-0.3, -0.25) is 4.79 Å². The molecule has 0 aliphatic heterocycles. The van der Waals surface area contributed by atoms with Gasteiger partial charge in [0.2, 0.25) is 0 Å². The van der Waals surface area contributed by atoms with Gasteiger partial charge in [0.15, 0.2) is 0 Å². The molecule has 1 aromatic rings. The fraction of sp³-hybridized carbons (Fsp3) is 0.455. The van der Waals surface area contributed by atoms with Crippen molar-refractivity contribution >= 4 is 5.97 Å². The highest BCUT2D eigenvalue weighted by molar-refractivity contribution is 5.85. The lowest BCUT2D eigenvalue weighted by Crippen LogP contribution is -2.26. The highest BCUT2D eigenvalue weighted by Crippen LogP contribution is 1.96. The van der Waals surface area contributed by atoms with Crippen LogP contribution in [0.4, 0.5) is 0 Å². The monoisotopic (exact) mass is 225 g/mol. The lowest BCUT2D eigenvalue weighted by atomic mass is 10.3. The second-order valence-corrected chi connectivity index (χ2v) is 3.32. The van der Waals surface area contributed by atoms with Crippen LogP contribution in [0.1, 0.15) is 23.8 Å². The molecule has 1 rings (SSSR count). The first kappa shape index (κ1) is 12.4.